The number of amides is 3. The van der Waals surface area contributed by atoms with Crippen molar-refractivity contribution in [2.45, 2.75) is 46.3 Å². The normalized spacial score (nSPS) is 11.4. The number of anilines is 2. The topological polar surface area (TPSA) is 107 Å². The second-order valence-corrected chi connectivity index (χ2v) is 9.48. The SMILES string of the molecule is CC(C)N(CCNC(=O)N(CCN(C)C)Cc1ccc(C(=O)Nc2ccccc2N)nc1)C(C)C. The molecule has 9 heteroatoms. The Labute approximate surface area is 209 Å². The monoisotopic (exact) mass is 483 g/mol. The average Bonchev–Trinajstić information content (AvgIpc) is 2.80. The van der Waals surface area contributed by atoms with Crippen molar-refractivity contribution < 1.29 is 9.59 Å². The number of nitrogens with two attached hydrogens (primary N) is 1. The maximum atomic E-state index is 13.0. The molecule has 192 valence electrons. The Bertz CT molecular complexity index is 937. The third kappa shape index (κ3) is 9.18. The van der Waals surface area contributed by atoms with Crippen LogP contribution in [0.2, 0.25) is 0 Å². The van der Waals surface area contributed by atoms with Gasteiger partial charge in [-0.2, -0.15) is 0 Å². The van der Waals surface area contributed by atoms with Gasteiger partial charge in [0.2, 0.25) is 0 Å². The molecule has 0 bridgehead atoms. The van der Waals surface area contributed by atoms with Gasteiger partial charge in [0.1, 0.15) is 5.69 Å². The third-order valence-electron chi connectivity index (χ3n) is 5.72. The summed E-state index contributed by atoms with van der Waals surface area (Å²) in [4.78, 5) is 36.0. The zero-order chi connectivity index (χ0) is 26.0. The molecule has 2 rings (SSSR count). The molecule has 0 aliphatic heterocycles. The van der Waals surface area contributed by atoms with Gasteiger partial charge >= 0.3 is 6.03 Å². The number of carbonyl (C=O) groups excluding carboxylic acids is 2. The Morgan fingerprint density at radius 3 is 2.23 bits per heavy atom. The standard InChI is InChI=1S/C26H41N7O2/c1-19(2)33(20(3)4)14-13-28-26(35)32(16-15-31(5)6)18-21-11-12-24(29-17-21)25(34)30-23-10-8-7-9-22(23)27/h7-12,17,19-20H,13-16,18,27H2,1-6H3,(H,28,35)(H,30,34). The van der Waals surface area contributed by atoms with E-state index in [1.165, 1.54) is 0 Å². The number of urea groups is 1. The number of para-hydroxylation sites is 2. The van der Waals surface area contributed by atoms with Crippen LogP contribution in [0.15, 0.2) is 42.6 Å². The van der Waals surface area contributed by atoms with E-state index in [-0.39, 0.29) is 17.6 Å². The van der Waals surface area contributed by atoms with Gasteiger partial charge in [-0.15, -0.1) is 0 Å². The molecule has 0 radical (unpaired) electrons. The van der Waals surface area contributed by atoms with Crippen molar-refractivity contribution in [2.75, 3.05) is 51.3 Å². The molecule has 0 atom stereocenters. The number of nitrogen functional groups attached to an aromatic ring is 1. The van der Waals surface area contributed by atoms with Crippen LogP contribution in [0.3, 0.4) is 0 Å². The number of benzene rings is 1. The highest BCUT2D eigenvalue weighted by atomic mass is 16.2. The predicted octanol–water partition coefficient (Wildman–Crippen LogP) is 3.11. The van der Waals surface area contributed by atoms with Crippen LogP contribution >= 0.6 is 0 Å². The highest BCUT2D eigenvalue weighted by Crippen LogP contribution is 2.17. The first-order chi connectivity index (χ1) is 16.6. The van der Waals surface area contributed by atoms with Crippen molar-refractivity contribution >= 4 is 23.3 Å². The minimum atomic E-state index is -0.337. The maximum absolute atomic E-state index is 13.0. The number of hydrogen-bond donors (Lipinski definition) is 3. The summed E-state index contributed by atoms with van der Waals surface area (Å²) in [5.41, 5.74) is 8.06. The predicted molar refractivity (Wildman–Crippen MR) is 142 cm³/mol. The average molecular weight is 484 g/mol. The van der Waals surface area contributed by atoms with Crippen molar-refractivity contribution in [3.63, 3.8) is 0 Å². The zero-order valence-corrected chi connectivity index (χ0v) is 21.9. The maximum Gasteiger partial charge on any atom is 0.317 e. The van der Waals surface area contributed by atoms with E-state index in [0.717, 1.165) is 18.7 Å². The molecule has 4 N–H and O–H groups in total. The molecule has 3 amide bonds. The van der Waals surface area contributed by atoms with Gasteiger partial charge in [-0.3, -0.25) is 14.7 Å². The van der Waals surface area contributed by atoms with Gasteiger partial charge in [0.05, 0.1) is 11.4 Å². The van der Waals surface area contributed by atoms with E-state index in [0.29, 0.717) is 43.1 Å². The number of nitrogens with zero attached hydrogens (tertiary/aromatic N) is 4. The molecule has 0 saturated heterocycles. The summed E-state index contributed by atoms with van der Waals surface area (Å²) in [6.45, 7) is 11.7. The zero-order valence-electron chi connectivity index (χ0n) is 21.9. The van der Waals surface area contributed by atoms with E-state index in [2.05, 4.69) is 48.2 Å². The van der Waals surface area contributed by atoms with Gasteiger partial charge in [-0.1, -0.05) is 18.2 Å². The molecule has 0 saturated carbocycles. The Balaban J connectivity index is 2.00. The Morgan fingerprint density at radius 1 is 0.971 bits per heavy atom. The van der Waals surface area contributed by atoms with Crippen molar-refractivity contribution in [3.05, 3.63) is 53.9 Å². The number of likely N-dealkylation sites (N-methyl/N-ethyl adjacent to an activating group) is 1. The molecule has 1 aromatic carbocycles. The lowest BCUT2D eigenvalue weighted by atomic mass is 10.2. The van der Waals surface area contributed by atoms with E-state index < -0.39 is 0 Å². The lowest BCUT2D eigenvalue weighted by Gasteiger charge is -2.31. The van der Waals surface area contributed by atoms with E-state index in [1.807, 2.05) is 25.1 Å². The molecule has 1 heterocycles. The van der Waals surface area contributed by atoms with Crippen molar-refractivity contribution in [1.82, 2.24) is 25.0 Å². The van der Waals surface area contributed by atoms with Crippen LogP contribution in [0.25, 0.3) is 0 Å². The molecule has 2 aromatic rings. The Morgan fingerprint density at radius 2 is 1.66 bits per heavy atom. The van der Waals surface area contributed by atoms with Crippen molar-refractivity contribution in [3.8, 4) is 0 Å². The molecule has 1 aromatic heterocycles. The summed E-state index contributed by atoms with van der Waals surface area (Å²) in [6, 6.07) is 11.3. The van der Waals surface area contributed by atoms with Gasteiger partial charge in [0.15, 0.2) is 0 Å². The molecule has 0 unspecified atom stereocenters. The first kappa shape index (κ1) is 28.1. The lowest BCUT2D eigenvalue weighted by Crippen LogP contribution is -2.47. The summed E-state index contributed by atoms with van der Waals surface area (Å²) in [6.07, 6.45) is 1.64. The van der Waals surface area contributed by atoms with Crippen LogP contribution in [0, 0.1) is 0 Å². The second kappa shape index (κ2) is 13.7. The fraction of sp³-hybridized carbons (Fsp3) is 0.500. The number of pyridine rings is 1. The summed E-state index contributed by atoms with van der Waals surface area (Å²) < 4.78 is 0. The van der Waals surface area contributed by atoms with Crippen LogP contribution in [0.5, 0.6) is 0 Å². The van der Waals surface area contributed by atoms with Gasteiger partial charge in [0, 0.05) is 51.0 Å². The smallest absolute Gasteiger partial charge is 0.317 e. The van der Waals surface area contributed by atoms with Gasteiger partial charge in [-0.05, 0) is 65.6 Å². The molecular formula is C26H41N7O2. The summed E-state index contributed by atoms with van der Waals surface area (Å²) in [5, 5.41) is 5.83. The molecule has 0 fully saturated rings. The first-order valence-corrected chi connectivity index (χ1v) is 12.1. The highest BCUT2D eigenvalue weighted by molar-refractivity contribution is 6.04. The number of aromatic nitrogens is 1. The number of carbonyl (C=O) groups is 2. The van der Waals surface area contributed by atoms with E-state index in [4.69, 9.17) is 5.73 Å². The van der Waals surface area contributed by atoms with Crippen LogP contribution in [-0.2, 0) is 6.54 Å². The van der Waals surface area contributed by atoms with Crippen LogP contribution in [0.1, 0.15) is 43.7 Å². The molecular weight excluding hydrogens is 442 g/mol. The largest absolute Gasteiger partial charge is 0.397 e. The van der Waals surface area contributed by atoms with Crippen molar-refractivity contribution in [2.24, 2.45) is 0 Å². The molecule has 0 aliphatic rings. The van der Waals surface area contributed by atoms with E-state index >= 15 is 0 Å². The molecule has 9 nitrogen and oxygen atoms in total. The number of hydrogen-bond acceptors (Lipinski definition) is 6. The van der Waals surface area contributed by atoms with Gasteiger partial charge < -0.3 is 26.2 Å². The fourth-order valence-electron chi connectivity index (χ4n) is 3.76. The summed E-state index contributed by atoms with van der Waals surface area (Å²) in [7, 11) is 3.96. The lowest BCUT2D eigenvalue weighted by molar-refractivity contribution is 0.102. The van der Waals surface area contributed by atoms with Crippen LogP contribution in [-0.4, -0.2) is 84.0 Å². The minimum Gasteiger partial charge on any atom is -0.397 e. The summed E-state index contributed by atoms with van der Waals surface area (Å²) >= 11 is 0. The molecule has 0 aliphatic carbocycles. The molecule has 35 heavy (non-hydrogen) atoms. The van der Waals surface area contributed by atoms with Gasteiger partial charge in [0.25, 0.3) is 5.91 Å². The highest BCUT2D eigenvalue weighted by Gasteiger charge is 2.17. The number of rotatable bonds is 12. The fourth-order valence-corrected chi connectivity index (χ4v) is 3.76. The van der Waals surface area contributed by atoms with Crippen LogP contribution < -0.4 is 16.4 Å². The summed E-state index contributed by atoms with van der Waals surface area (Å²) in [5.74, 6) is -0.337. The Kier molecular flexibility index (Phi) is 10.9. The Hall–Kier alpha value is -3.17. The third-order valence-corrected chi connectivity index (χ3v) is 5.72. The van der Waals surface area contributed by atoms with Crippen LogP contribution in [0.4, 0.5) is 16.2 Å². The minimum absolute atomic E-state index is 0.110. The second-order valence-electron chi connectivity index (χ2n) is 9.48. The first-order valence-electron chi connectivity index (χ1n) is 12.1. The van der Waals surface area contributed by atoms with E-state index in [1.54, 1.807) is 41.4 Å². The molecule has 0 spiro atoms. The van der Waals surface area contributed by atoms with Gasteiger partial charge in [-0.25, -0.2) is 4.79 Å². The quantitative estimate of drug-likeness (QED) is 0.401. The van der Waals surface area contributed by atoms with E-state index in [9.17, 15) is 9.59 Å². The number of nitrogens with one attached hydrogen (secondary N) is 2. The van der Waals surface area contributed by atoms with Crippen molar-refractivity contribution in [1.29, 1.82) is 0 Å².